The van der Waals surface area contributed by atoms with Gasteiger partial charge in [-0.05, 0) is 68.1 Å². The predicted molar refractivity (Wildman–Crippen MR) is 111 cm³/mol. The zero-order chi connectivity index (χ0) is 20.1. The molecule has 150 valence electrons. The van der Waals surface area contributed by atoms with Crippen LogP contribution in [0.3, 0.4) is 0 Å². The van der Waals surface area contributed by atoms with Gasteiger partial charge in [-0.1, -0.05) is 12.1 Å². The van der Waals surface area contributed by atoms with Crippen LogP contribution in [0.15, 0.2) is 36.4 Å². The first-order chi connectivity index (χ1) is 13.6. The van der Waals surface area contributed by atoms with E-state index < -0.39 is 0 Å². The summed E-state index contributed by atoms with van der Waals surface area (Å²) in [5.41, 5.74) is 4.35. The molecular formula is C23H30N2O3. The quantitative estimate of drug-likeness (QED) is 0.791. The summed E-state index contributed by atoms with van der Waals surface area (Å²) >= 11 is 0. The number of methoxy groups -OCH3 is 1. The van der Waals surface area contributed by atoms with Crippen LogP contribution in [-0.4, -0.2) is 44.2 Å². The first kappa shape index (κ1) is 20.2. The minimum atomic E-state index is 0.0754. The molecule has 0 aromatic heterocycles. The Morgan fingerprint density at radius 2 is 1.82 bits per heavy atom. The molecule has 28 heavy (non-hydrogen) atoms. The van der Waals surface area contributed by atoms with E-state index in [-0.39, 0.29) is 11.9 Å². The minimum absolute atomic E-state index is 0.0754. The SMILES string of the molecule is CCOc1cc2c(cc1OC)CCNC2c1ccc(C(=O)N(CC)CC)cc1. The topological polar surface area (TPSA) is 50.8 Å². The third kappa shape index (κ3) is 3.99. The average Bonchev–Trinajstić information content (AvgIpc) is 2.74. The Bertz CT molecular complexity index is 813. The second kappa shape index (κ2) is 9.11. The van der Waals surface area contributed by atoms with E-state index in [0.29, 0.717) is 6.61 Å². The summed E-state index contributed by atoms with van der Waals surface area (Å²) in [4.78, 5) is 14.4. The van der Waals surface area contributed by atoms with Crippen LogP contribution >= 0.6 is 0 Å². The number of ether oxygens (including phenoxy) is 2. The zero-order valence-electron chi connectivity index (χ0n) is 17.2. The standard InChI is InChI=1S/C23H30N2O3/c1-5-25(6-2)23(26)17-10-8-16(9-11-17)22-19-15-21(28-7-3)20(27-4)14-18(19)12-13-24-22/h8-11,14-15,22,24H,5-7,12-13H2,1-4H3. The van der Waals surface area contributed by atoms with Gasteiger partial charge in [0.2, 0.25) is 0 Å². The van der Waals surface area contributed by atoms with E-state index in [9.17, 15) is 4.79 Å². The number of nitrogens with zero attached hydrogens (tertiary/aromatic N) is 1. The Balaban J connectivity index is 1.91. The fourth-order valence-electron chi connectivity index (χ4n) is 3.80. The molecule has 0 saturated heterocycles. The Morgan fingerprint density at radius 3 is 2.43 bits per heavy atom. The largest absolute Gasteiger partial charge is 0.493 e. The van der Waals surface area contributed by atoms with E-state index in [0.717, 1.165) is 48.7 Å². The summed E-state index contributed by atoms with van der Waals surface area (Å²) in [6.45, 7) is 8.91. The first-order valence-corrected chi connectivity index (χ1v) is 10.1. The fourth-order valence-corrected chi connectivity index (χ4v) is 3.80. The second-order valence-corrected chi connectivity index (χ2v) is 6.87. The van der Waals surface area contributed by atoms with Crippen LogP contribution < -0.4 is 14.8 Å². The van der Waals surface area contributed by atoms with E-state index >= 15 is 0 Å². The molecule has 0 saturated carbocycles. The van der Waals surface area contributed by atoms with E-state index in [4.69, 9.17) is 9.47 Å². The van der Waals surface area contributed by atoms with E-state index in [2.05, 4.69) is 17.4 Å². The predicted octanol–water partition coefficient (Wildman–Crippen LogP) is 3.81. The highest BCUT2D eigenvalue weighted by Gasteiger charge is 2.24. The van der Waals surface area contributed by atoms with Crippen molar-refractivity contribution < 1.29 is 14.3 Å². The molecule has 3 rings (SSSR count). The Labute approximate surface area is 167 Å². The highest BCUT2D eigenvalue weighted by atomic mass is 16.5. The summed E-state index contributed by atoms with van der Waals surface area (Å²) in [6.07, 6.45) is 0.952. The summed E-state index contributed by atoms with van der Waals surface area (Å²) in [5, 5.41) is 3.60. The van der Waals surface area contributed by atoms with Crippen molar-refractivity contribution >= 4 is 5.91 Å². The van der Waals surface area contributed by atoms with Crippen LogP contribution in [0.5, 0.6) is 11.5 Å². The molecule has 0 bridgehead atoms. The van der Waals surface area contributed by atoms with Gasteiger partial charge in [-0.2, -0.15) is 0 Å². The zero-order valence-corrected chi connectivity index (χ0v) is 17.2. The van der Waals surface area contributed by atoms with Gasteiger partial charge in [-0.15, -0.1) is 0 Å². The molecule has 1 N–H and O–H groups in total. The van der Waals surface area contributed by atoms with Crippen molar-refractivity contribution in [1.82, 2.24) is 10.2 Å². The maximum atomic E-state index is 12.6. The van der Waals surface area contributed by atoms with Crippen LogP contribution in [0.4, 0.5) is 0 Å². The molecule has 1 amide bonds. The smallest absolute Gasteiger partial charge is 0.253 e. The van der Waals surface area contributed by atoms with Crippen LogP contribution in [0.1, 0.15) is 53.9 Å². The lowest BCUT2D eigenvalue weighted by Gasteiger charge is -2.29. The number of benzene rings is 2. The number of carbonyl (C=O) groups is 1. The van der Waals surface area contributed by atoms with Crippen LogP contribution in [0.25, 0.3) is 0 Å². The molecule has 1 aliphatic heterocycles. The third-order valence-corrected chi connectivity index (χ3v) is 5.32. The molecule has 2 aromatic carbocycles. The lowest BCUT2D eigenvalue weighted by Crippen LogP contribution is -2.31. The van der Waals surface area contributed by atoms with Gasteiger partial charge in [0.05, 0.1) is 19.8 Å². The number of amides is 1. The summed E-state index contributed by atoms with van der Waals surface area (Å²) in [7, 11) is 1.68. The molecule has 5 nitrogen and oxygen atoms in total. The second-order valence-electron chi connectivity index (χ2n) is 6.87. The highest BCUT2D eigenvalue weighted by molar-refractivity contribution is 5.94. The fraction of sp³-hybridized carbons (Fsp3) is 0.435. The minimum Gasteiger partial charge on any atom is -0.493 e. The van der Waals surface area contributed by atoms with Gasteiger partial charge in [0, 0.05) is 25.2 Å². The van der Waals surface area contributed by atoms with Crippen molar-refractivity contribution in [3.8, 4) is 11.5 Å². The molecule has 2 aromatic rings. The van der Waals surface area contributed by atoms with E-state index in [1.807, 2.05) is 49.9 Å². The van der Waals surface area contributed by atoms with Gasteiger partial charge in [-0.3, -0.25) is 4.79 Å². The molecular weight excluding hydrogens is 352 g/mol. The average molecular weight is 383 g/mol. The summed E-state index contributed by atoms with van der Waals surface area (Å²) < 4.78 is 11.3. The molecule has 1 atom stereocenters. The number of carbonyl (C=O) groups excluding carboxylic acids is 1. The monoisotopic (exact) mass is 382 g/mol. The van der Waals surface area contributed by atoms with Gasteiger partial charge in [0.25, 0.3) is 5.91 Å². The molecule has 0 radical (unpaired) electrons. The van der Waals surface area contributed by atoms with Gasteiger partial charge in [0.15, 0.2) is 11.5 Å². The Morgan fingerprint density at radius 1 is 1.11 bits per heavy atom. The van der Waals surface area contributed by atoms with Crippen LogP contribution in [0.2, 0.25) is 0 Å². The van der Waals surface area contributed by atoms with Crippen molar-refractivity contribution in [3.63, 3.8) is 0 Å². The number of nitrogens with one attached hydrogen (secondary N) is 1. The third-order valence-electron chi connectivity index (χ3n) is 5.32. The molecule has 1 unspecified atom stereocenters. The lowest BCUT2D eigenvalue weighted by atomic mass is 9.89. The van der Waals surface area contributed by atoms with Gasteiger partial charge in [-0.25, -0.2) is 0 Å². The first-order valence-electron chi connectivity index (χ1n) is 10.1. The molecule has 1 aliphatic rings. The Kier molecular flexibility index (Phi) is 6.57. The lowest BCUT2D eigenvalue weighted by molar-refractivity contribution is 0.0773. The van der Waals surface area contributed by atoms with Crippen molar-refractivity contribution in [2.75, 3.05) is 33.4 Å². The van der Waals surface area contributed by atoms with Crippen LogP contribution in [0, 0.1) is 0 Å². The molecule has 1 heterocycles. The van der Waals surface area contributed by atoms with E-state index in [1.165, 1.54) is 11.1 Å². The molecule has 0 spiro atoms. The normalized spacial score (nSPS) is 15.6. The van der Waals surface area contributed by atoms with Crippen LogP contribution in [-0.2, 0) is 6.42 Å². The maximum absolute atomic E-state index is 12.6. The number of fused-ring (bicyclic) bond motifs is 1. The van der Waals surface area contributed by atoms with E-state index in [1.54, 1.807) is 7.11 Å². The molecule has 0 fully saturated rings. The van der Waals surface area contributed by atoms with Crippen molar-refractivity contribution in [3.05, 3.63) is 58.7 Å². The number of hydrogen-bond acceptors (Lipinski definition) is 4. The van der Waals surface area contributed by atoms with Gasteiger partial charge < -0.3 is 19.7 Å². The molecule has 5 heteroatoms. The van der Waals surface area contributed by atoms with Gasteiger partial charge >= 0.3 is 0 Å². The van der Waals surface area contributed by atoms with Crippen molar-refractivity contribution in [1.29, 1.82) is 0 Å². The van der Waals surface area contributed by atoms with Gasteiger partial charge in [0.1, 0.15) is 0 Å². The van der Waals surface area contributed by atoms with Crippen molar-refractivity contribution in [2.45, 2.75) is 33.2 Å². The summed E-state index contributed by atoms with van der Waals surface area (Å²) in [6, 6.07) is 12.2. The number of hydrogen-bond donors (Lipinski definition) is 1. The number of rotatable bonds is 7. The Hall–Kier alpha value is -2.53. The summed E-state index contributed by atoms with van der Waals surface area (Å²) in [5.74, 6) is 1.63. The maximum Gasteiger partial charge on any atom is 0.253 e. The molecule has 0 aliphatic carbocycles. The highest BCUT2D eigenvalue weighted by Crippen LogP contribution is 2.37. The van der Waals surface area contributed by atoms with Crippen molar-refractivity contribution in [2.24, 2.45) is 0 Å².